The Balaban J connectivity index is 2.25. The molecule has 7 heteroatoms. The van der Waals surface area contributed by atoms with Crippen LogP contribution in [0.3, 0.4) is 0 Å². The lowest BCUT2D eigenvalue weighted by molar-refractivity contribution is -0.144. The summed E-state index contributed by atoms with van der Waals surface area (Å²) < 4.78 is 31.4. The van der Waals surface area contributed by atoms with Gasteiger partial charge in [-0.3, -0.25) is 4.79 Å². The van der Waals surface area contributed by atoms with E-state index in [1.54, 1.807) is 0 Å². The zero-order chi connectivity index (χ0) is 14.0. The Morgan fingerprint density at radius 1 is 1.37 bits per heavy atom. The lowest BCUT2D eigenvalue weighted by Gasteiger charge is -2.23. The predicted molar refractivity (Wildman–Crippen MR) is 59.6 cm³/mol. The normalized spacial score (nSPS) is 22.2. The molecule has 0 saturated carbocycles. The van der Waals surface area contributed by atoms with E-state index < -0.39 is 34.6 Å². The topological polar surface area (TPSA) is 75.6 Å². The van der Waals surface area contributed by atoms with E-state index in [4.69, 9.17) is 9.84 Å². The van der Waals surface area contributed by atoms with Crippen molar-refractivity contribution in [2.24, 2.45) is 0 Å². The van der Waals surface area contributed by atoms with Gasteiger partial charge in [0, 0.05) is 13.0 Å². The monoisotopic (exact) mass is 271 g/mol. The first-order valence-corrected chi connectivity index (χ1v) is 5.53. The zero-order valence-corrected chi connectivity index (χ0v) is 9.78. The van der Waals surface area contributed by atoms with Crippen LogP contribution in [0.25, 0.3) is 0 Å². The molecule has 0 radical (unpaired) electrons. The molecule has 1 heterocycles. The molecule has 1 amide bonds. The van der Waals surface area contributed by atoms with Crippen molar-refractivity contribution in [3.63, 3.8) is 0 Å². The number of hydrogen-bond acceptors (Lipinski definition) is 3. The van der Waals surface area contributed by atoms with Crippen LogP contribution in [-0.4, -0.2) is 35.7 Å². The lowest BCUT2D eigenvalue weighted by Crippen LogP contribution is -2.55. The number of halogens is 2. The molecular formula is C12H11F2NO4. The molecule has 5 nitrogen and oxygen atoms in total. The summed E-state index contributed by atoms with van der Waals surface area (Å²) in [7, 11) is 0. The van der Waals surface area contributed by atoms with E-state index in [0.717, 1.165) is 18.2 Å². The van der Waals surface area contributed by atoms with Gasteiger partial charge in [0.25, 0.3) is 5.91 Å². The molecule has 102 valence electrons. The number of carbonyl (C=O) groups is 2. The van der Waals surface area contributed by atoms with Crippen LogP contribution in [0.15, 0.2) is 18.2 Å². The van der Waals surface area contributed by atoms with E-state index in [9.17, 15) is 18.4 Å². The zero-order valence-electron chi connectivity index (χ0n) is 9.78. The van der Waals surface area contributed by atoms with Gasteiger partial charge in [0.05, 0.1) is 12.2 Å². The number of aliphatic carboxylic acids is 1. The second-order valence-corrected chi connectivity index (χ2v) is 4.27. The maximum Gasteiger partial charge on any atom is 0.331 e. The van der Waals surface area contributed by atoms with Crippen molar-refractivity contribution in [2.75, 3.05) is 13.2 Å². The molecule has 0 bridgehead atoms. The first kappa shape index (κ1) is 13.4. The maximum absolute atomic E-state index is 13.4. The first-order chi connectivity index (χ1) is 8.94. The van der Waals surface area contributed by atoms with Crippen LogP contribution in [0.1, 0.15) is 16.8 Å². The number of carboxylic acids is 1. The van der Waals surface area contributed by atoms with Gasteiger partial charge in [-0.25, -0.2) is 13.6 Å². The van der Waals surface area contributed by atoms with Gasteiger partial charge < -0.3 is 15.2 Å². The van der Waals surface area contributed by atoms with Crippen LogP contribution in [0.4, 0.5) is 8.78 Å². The molecule has 0 spiro atoms. The molecule has 1 aromatic carbocycles. The van der Waals surface area contributed by atoms with Crippen molar-refractivity contribution >= 4 is 11.9 Å². The van der Waals surface area contributed by atoms with Gasteiger partial charge in [-0.05, 0) is 18.2 Å². The fourth-order valence-corrected chi connectivity index (χ4v) is 1.84. The predicted octanol–water partition coefficient (Wildman–Crippen LogP) is 0.938. The highest BCUT2D eigenvalue weighted by molar-refractivity contribution is 5.98. The molecule has 1 aliphatic heterocycles. The summed E-state index contributed by atoms with van der Waals surface area (Å²) in [5.41, 5.74) is -2.12. The molecule has 1 aromatic rings. The fraction of sp³-hybridized carbons (Fsp3) is 0.333. The minimum Gasteiger partial charge on any atom is -0.479 e. The van der Waals surface area contributed by atoms with Crippen molar-refractivity contribution in [1.29, 1.82) is 0 Å². The first-order valence-electron chi connectivity index (χ1n) is 5.53. The molecule has 2 rings (SSSR count). The summed E-state index contributed by atoms with van der Waals surface area (Å²) >= 11 is 0. The second kappa shape index (κ2) is 4.93. The average Bonchev–Trinajstić information content (AvgIpc) is 2.82. The molecule has 19 heavy (non-hydrogen) atoms. The number of amides is 1. The Bertz CT molecular complexity index is 526. The van der Waals surface area contributed by atoms with E-state index in [1.165, 1.54) is 0 Å². The summed E-state index contributed by atoms with van der Waals surface area (Å²) in [4.78, 5) is 23.0. The number of benzene rings is 1. The lowest BCUT2D eigenvalue weighted by atomic mass is 9.98. The van der Waals surface area contributed by atoms with Crippen LogP contribution in [0.2, 0.25) is 0 Å². The van der Waals surface area contributed by atoms with E-state index in [-0.39, 0.29) is 19.6 Å². The number of carboxylic acid groups (broad SMARTS) is 1. The Morgan fingerprint density at radius 2 is 2.11 bits per heavy atom. The van der Waals surface area contributed by atoms with E-state index >= 15 is 0 Å². The van der Waals surface area contributed by atoms with Crippen molar-refractivity contribution in [3.05, 3.63) is 35.4 Å². The number of rotatable bonds is 3. The summed E-state index contributed by atoms with van der Waals surface area (Å²) in [6.45, 7) is -0.0246. The number of ether oxygens (including phenoxy) is 1. The quantitative estimate of drug-likeness (QED) is 0.857. The molecular weight excluding hydrogens is 260 g/mol. The summed E-state index contributed by atoms with van der Waals surface area (Å²) in [5, 5.41) is 11.3. The molecule has 1 fully saturated rings. The Hall–Kier alpha value is -2.02. The molecule has 2 N–H and O–H groups in total. The standard InChI is InChI=1S/C12H11F2NO4/c13-7-1-2-9(14)8(5-7)10(16)15-12(11(17)18)3-4-19-6-12/h1-2,5H,3-4,6H2,(H,15,16)(H,17,18). The van der Waals surface area contributed by atoms with E-state index in [1.807, 2.05) is 0 Å². The second-order valence-electron chi connectivity index (χ2n) is 4.27. The van der Waals surface area contributed by atoms with Gasteiger partial charge in [0.1, 0.15) is 11.6 Å². The van der Waals surface area contributed by atoms with Crippen molar-refractivity contribution in [3.8, 4) is 0 Å². The van der Waals surface area contributed by atoms with Gasteiger partial charge in [-0.2, -0.15) is 0 Å². The van der Waals surface area contributed by atoms with Gasteiger partial charge >= 0.3 is 5.97 Å². The number of carbonyl (C=O) groups excluding carboxylic acids is 1. The van der Waals surface area contributed by atoms with Crippen LogP contribution in [-0.2, 0) is 9.53 Å². The average molecular weight is 271 g/mol. The van der Waals surface area contributed by atoms with E-state index in [2.05, 4.69) is 5.32 Å². The van der Waals surface area contributed by atoms with Crippen LogP contribution in [0.5, 0.6) is 0 Å². The third-order valence-electron chi connectivity index (χ3n) is 2.96. The molecule has 1 saturated heterocycles. The number of hydrogen-bond donors (Lipinski definition) is 2. The minimum absolute atomic E-state index is 0.0744. The van der Waals surface area contributed by atoms with Crippen LogP contribution in [0, 0.1) is 11.6 Å². The van der Waals surface area contributed by atoms with Gasteiger partial charge in [0.15, 0.2) is 5.54 Å². The maximum atomic E-state index is 13.4. The smallest absolute Gasteiger partial charge is 0.331 e. The van der Waals surface area contributed by atoms with Crippen molar-refractivity contribution < 1.29 is 28.2 Å². The summed E-state index contributed by atoms with van der Waals surface area (Å²) in [5.74, 6) is -3.95. The van der Waals surface area contributed by atoms with Crippen molar-refractivity contribution in [1.82, 2.24) is 5.32 Å². The molecule has 0 aromatic heterocycles. The Kier molecular flexibility index (Phi) is 3.48. The fourth-order valence-electron chi connectivity index (χ4n) is 1.84. The molecule has 1 atom stereocenters. The number of nitrogens with one attached hydrogen (secondary N) is 1. The Labute approximate surface area is 107 Å². The van der Waals surface area contributed by atoms with Gasteiger partial charge in [-0.15, -0.1) is 0 Å². The molecule has 1 aliphatic rings. The van der Waals surface area contributed by atoms with Crippen LogP contribution >= 0.6 is 0 Å². The van der Waals surface area contributed by atoms with Gasteiger partial charge in [0.2, 0.25) is 0 Å². The summed E-state index contributed by atoms with van der Waals surface area (Å²) in [6, 6.07) is 2.40. The third-order valence-corrected chi connectivity index (χ3v) is 2.96. The molecule has 1 unspecified atom stereocenters. The summed E-state index contributed by atoms with van der Waals surface area (Å²) in [6.07, 6.45) is 0.0744. The largest absolute Gasteiger partial charge is 0.479 e. The van der Waals surface area contributed by atoms with E-state index in [0.29, 0.717) is 0 Å². The van der Waals surface area contributed by atoms with Gasteiger partial charge in [-0.1, -0.05) is 0 Å². The third kappa shape index (κ3) is 2.55. The van der Waals surface area contributed by atoms with Crippen LogP contribution < -0.4 is 5.32 Å². The SMILES string of the molecule is O=C(NC1(C(=O)O)CCOC1)c1cc(F)ccc1F. The van der Waals surface area contributed by atoms with Crippen molar-refractivity contribution in [2.45, 2.75) is 12.0 Å². The Morgan fingerprint density at radius 3 is 2.68 bits per heavy atom. The highest BCUT2D eigenvalue weighted by Gasteiger charge is 2.44. The molecule has 0 aliphatic carbocycles. The highest BCUT2D eigenvalue weighted by Crippen LogP contribution is 2.20. The highest BCUT2D eigenvalue weighted by atomic mass is 19.1. The minimum atomic E-state index is -1.59.